The van der Waals surface area contributed by atoms with Crippen LogP contribution in [0.3, 0.4) is 0 Å². The van der Waals surface area contributed by atoms with Gasteiger partial charge in [0, 0.05) is 26.2 Å². The van der Waals surface area contributed by atoms with Crippen LogP contribution in [-0.2, 0) is 4.74 Å². The molecule has 0 bridgehead atoms. The molecule has 0 aliphatic carbocycles. The molecule has 0 fully saturated rings. The van der Waals surface area contributed by atoms with Gasteiger partial charge in [-0.25, -0.2) is 0 Å². The van der Waals surface area contributed by atoms with Crippen molar-refractivity contribution >= 4 is 17.3 Å². The van der Waals surface area contributed by atoms with Gasteiger partial charge in [-0.05, 0) is 26.1 Å². The molecule has 0 aromatic carbocycles. The molecule has 0 unspecified atom stereocenters. The molecule has 0 amide bonds. The van der Waals surface area contributed by atoms with E-state index in [1.807, 2.05) is 4.90 Å². The first-order chi connectivity index (χ1) is 7.13. The minimum Gasteiger partial charge on any atom is -0.383 e. The van der Waals surface area contributed by atoms with E-state index in [1.54, 1.807) is 7.11 Å². The van der Waals surface area contributed by atoms with E-state index in [-0.39, 0.29) is 0 Å². The lowest BCUT2D eigenvalue weighted by Gasteiger charge is -2.28. The molecule has 15 heavy (non-hydrogen) atoms. The zero-order valence-corrected chi connectivity index (χ0v) is 10.4. The lowest BCUT2D eigenvalue weighted by Crippen LogP contribution is -2.45. The number of rotatable bonds is 6. The molecule has 4 nitrogen and oxygen atoms in total. The van der Waals surface area contributed by atoms with Crippen molar-refractivity contribution in [2.45, 2.75) is 26.3 Å². The number of ether oxygens (including phenoxy) is 1. The molecular formula is C10H19N3OS. The van der Waals surface area contributed by atoms with Gasteiger partial charge in [0.2, 0.25) is 0 Å². The normalized spacial score (nSPS) is 9.80. The van der Waals surface area contributed by atoms with Gasteiger partial charge in [0.05, 0.1) is 19.1 Å². The van der Waals surface area contributed by atoms with Crippen LogP contribution in [0, 0.1) is 11.3 Å². The summed E-state index contributed by atoms with van der Waals surface area (Å²) in [6.45, 7) is 6.12. The van der Waals surface area contributed by atoms with Crippen molar-refractivity contribution in [2.75, 3.05) is 26.8 Å². The lowest BCUT2D eigenvalue weighted by molar-refractivity contribution is 0.202. The Morgan fingerprint density at radius 3 is 2.73 bits per heavy atom. The van der Waals surface area contributed by atoms with Crippen LogP contribution in [0.25, 0.3) is 0 Å². The van der Waals surface area contributed by atoms with E-state index in [9.17, 15) is 0 Å². The molecule has 0 saturated carbocycles. The summed E-state index contributed by atoms with van der Waals surface area (Å²) in [5.74, 6) is 0. The van der Waals surface area contributed by atoms with Crippen LogP contribution in [0.1, 0.15) is 20.3 Å². The molecule has 0 aromatic rings. The first-order valence-corrected chi connectivity index (χ1v) is 5.44. The highest BCUT2D eigenvalue weighted by Crippen LogP contribution is 2.00. The quantitative estimate of drug-likeness (QED) is 0.546. The Labute approximate surface area is 97.2 Å². The molecule has 0 saturated heterocycles. The first kappa shape index (κ1) is 14.1. The zero-order chi connectivity index (χ0) is 11.7. The van der Waals surface area contributed by atoms with Crippen LogP contribution in [0.4, 0.5) is 0 Å². The van der Waals surface area contributed by atoms with Gasteiger partial charge >= 0.3 is 0 Å². The molecule has 0 aliphatic heterocycles. The Kier molecular flexibility index (Phi) is 7.96. The Morgan fingerprint density at radius 2 is 2.27 bits per heavy atom. The van der Waals surface area contributed by atoms with Crippen LogP contribution in [0.15, 0.2) is 0 Å². The SMILES string of the molecule is COCCNC(=S)N(CCC#N)C(C)C. The summed E-state index contributed by atoms with van der Waals surface area (Å²) in [4.78, 5) is 2.01. The fourth-order valence-corrected chi connectivity index (χ4v) is 1.53. The van der Waals surface area contributed by atoms with Gasteiger partial charge in [-0.2, -0.15) is 5.26 Å². The second-order valence-electron chi connectivity index (χ2n) is 3.42. The second kappa shape index (κ2) is 8.45. The summed E-state index contributed by atoms with van der Waals surface area (Å²) in [5, 5.41) is 12.3. The predicted molar refractivity (Wildman–Crippen MR) is 64.5 cm³/mol. The lowest BCUT2D eigenvalue weighted by atomic mass is 10.3. The number of methoxy groups -OCH3 is 1. The highest BCUT2D eigenvalue weighted by Gasteiger charge is 2.11. The van der Waals surface area contributed by atoms with Crippen LogP contribution >= 0.6 is 12.2 Å². The summed E-state index contributed by atoms with van der Waals surface area (Å²) in [7, 11) is 1.65. The molecule has 86 valence electrons. The summed E-state index contributed by atoms with van der Waals surface area (Å²) < 4.78 is 4.92. The maximum absolute atomic E-state index is 8.53. The topological polar surface area (TPSA) is 48.3 Å². The fraction of sp³-hybridized carbons (Fsp3) is 0.800. The Morgan fingerprint density at radius 1 is 1.60 bits per heavy atom. The molecule has 0 rings (SSSR count). The molecule has 5 heteroatoms. The highest BCUT2D eigenvalue weighted by atomic mass is 32.1. The average molecular weight is 229 g/mol. The molecule has 0 atom stereocenters. The van der Waals surface area contributed by atoms with Gasteiger partial charge in [0.1, 0.15) is 0 Å². The fourth-order valence-electron chi connectivity index (χ4n) is 1.13. The Hall–Kier alpha value is -0.860. The number of nitriles is 1. The largest absolute Gasteiger partial charge is 0.383 e. The van der Waals surface area contributed by atoms with E-state index in [0.717, 1.165) is 0 Å². The van der Waals surface area contributed by atoms with Crippen molar-refractivity contribution in [3.63, 3.8) is 0 Å². The van der Waals surface area contributed by atoms with Crippen LogP contribution in [0.2, 0.25) is 0 Å². The van der Waals surface area contributed by atoms with E-state index in [2.05, 4.69) is 25.2 Å². The third kappa shape index (κ3) is 6.26. The minimum absolute atomic E-state index is 0.306. The van der Waals surface area contributed by atoms with Crippen molar-refractivity contribution in [3.05, 3.63) is 0 Å². The molecule has 1 N–H and O–H groups in total. The maximum atomic E-state index is 8.53. The molecule has 0 aromatic heterocycles. The summed E-state index contributed by atoms with van der Waals surface area (Å²) >= 11 is 5.23. The van der Waals surface area contributed by atoms with Crippen molar-refractivity contribution in [3.8, 4) is 6.07 Å². The second-order valence-corrected chi connectivity index (χ2v) is 3.81. The summed E-state index contributed by atoms with van der Waals surface area (Å²) in [6, 6.07) is 2.43. The van der Waals surface area contributed by atoms with Gasteiger partial charge in [0.15, 0.2) is 5.11 Å². The Bertz CT molecular complexity index is 225. The van der Waals surface area contributed by atoms with Gasteiger partial charge < -0.3 is 15.0 Å². The standard InChI is InChI=1S/C10H19N3OS/c1-9(2)13(7-4-5-11)10(15)12-6-8-14-3/h9H,4,6-8H2,1-3H3,(H,12,15). The van der Waals surface area contributed by atoms with Crippen molar-refractivity contribution in [1.82, 2.24) is 10.2 Å². The number of thiocarbonyl (C=S) groups is 1. The smallest absolute Gasteiger partial charge is 0.169 e. The van der Waals surface area contributed by atoms with Crippen LogP contribution < -0.4 is 5.32 Å². The van der Waals surface area contributed by atoms with E-state index in [4.69, 9.17) is 22.2 Å². The maximum Gasteiger partial charge on any atom is 0.169 e. The number of hydrogen-bond acceptors (Lipinski definition) is 3. The number of nitrogens with one attached hydrogen (secondary N) is 1. The summed E-state index contributed by atoms with van der Waals surface area (Å²) in [5.41, 5.74) is 0. The Balaban J connectivity index is 4.00. The van der Waals surface area contributed by atoms with E-state index in [0.29, 0.717) is 37.3 Å². The van der Waals surface area contributed by atoms with E-state index >= 15 is 0 Å². The van der Waals surface area contributed by atoms with Gasteiger partial charge in [-0.3, -0.25) is 0 Å². The van der Waals surface area contributed by atoms with Crippen molar-refractivity contribution < 1.29 is 4.74 Å². The molecule has 0 radical (unpaired) electrons. The average Bonchev–Trinajstić information content (AvgIpc) is 2.18. The molecular weight excluding hydrogens is 210 g/mol. The molecule has 0 spiro atoms. The van der Waals surface area contributed by atoms with Gasteiger partial charge in [0.25, 0.3) is 0 Å². The monoisotopic (exact) mass is 229 g/mol. The van der Waals surface area contributed by atoms with Crippen LogP contribution in [0.5, 0.6) is 0 Å². The van der Waals surface area contributed by atoms with Crippen molar-refractivity contribution in [1.29, 1.82) is 5.26 Å². The predicted octanol–water partition coefficient (Wildman–Crippen LogP) is 1.13. The third-order valence-corrected chi connectivity index (χ3v) is 2.31. The highest BCUT2D eigenvalue weighted by molar-refractivity contribution is 7.80. The van der Waals surface area contributed by atoms with E-state index in [1.165, 1.54) is 0 Å². The minimum atomic E-state index is 0.306. The van der Waals surface area contributed by atoms with E-state index < -0.39 is 0 Å². The van der Waals surface area contributed by atoms with Gasteiger partial charge in [-0.1, -0.05) is 0 Å². The first-order valence-electron chi connectivity index (χ1n) is 5.03. The third-order valence-electron chi connectivity index (χ3n) is 1.93. The molecule has 0 aliphatic rings. The molecule has 0 heterocycles. The number of nitrogens with zero attached hydrogens (tertiary/aromatic N) is 2. The number of hydrogen-bond donors (Lipinski definition) is 1. The van der Waals surface area contributed by atoms with Gasteiger partial charge in [-0.15, -0.1) is 0 Å². The summed E-state index contributed by atoms with van der Waals surface area (Å²) in [6.07, 6.45) is 0.490. The van der Waals surface area contributed by atoms with Crippen molar-refractivity contribution in [2.24, 2.45) is 0 Å². The zero-order valence-electron chi connectivity index (χ0n) is 9.62. The van der Waals surface area contributed by atoms with Crippen LogP contribution in [-0.4, -0.2) is 42.9 Å².